The fraction of sp³-hybridized carbons (Fsp3) is 0.533. The molecule has 1 aliphatic heterocycles. The molecule has 116 valence electrons. The Morgan fingerprint density at radius 1 is 1.52 bits per heavy atom. The zero-order valence-corrected chi connectivity index (χ0v) is 14.0. The number of rotatable bonds is 3. The van der Waals surface area contributed by atoms with E-state index >= 15 is 0 Å². The molecule has 21 heavy (non-hydrogen) atoms. The van der Waals surface area contributed by atoms with Gasteiger partial charge in [-0.15, -0.1) is 6.58 Å². The van der Waals surface area contributed by atoms with Crippen molar-refractivity contribution in [2.45, 2.75) is 50.4 Å². The van der Waals surface area contributed by atoms with E-state index in [4.69, 9.17) is 11.6 Å². The molecular formula is C15H20ClFN2OS. The Morgan fingerprint density at radius 2 is 2.19 bits per heavy atom. The van der Waals surface area contributed by atoms with Crippen LogP contribution in [0.3, 0.4) is 0 Å². The molecule has 0 spiro atoms. The van der Waals surface area contributed by atoms with Crippen molar-refractivity contribution >= 4 is 22.6 Å². The van der Waals surface area contributed by atoms with Crippen LogP contribution in [0, 0.1) is 5.95 Å². The second-order valence-corrected chi connectivity index (χ2v) is 8.65. The van der Waals surface area contributed by atoms with Crippen LogP contribution in [0.4, 0.5) is 4.39 Å². The van der Waals surface area contributed by atoms with E-state index < -0.39 is 21.7 Å². The summed E-state index contributed by atoms with van der Waals surface area (Å²) < 4.78 is 28.0. The molecule has 0 N–H and O–H groups in total. The van der Waals surface area contributed by atoms with E-state index in [0.29, 0.717) is 5.56 Å². The molecule has 1 aromatic rings. The van der Waals surface area contributed by atoms with E-state index in [2.05, 4.69) is 11.6 Å². The number of halogens is 2. The lowest BCUT2D eigenvalue weighted by Gasteiger charge is -2.33. The molecule has 1 aliphatic rings. The van der Waals surface area contributed by atoms with Crippen molar-refractivity contribution in [2.75, 3.05) is 0 Å². The molecule has 0 aromatic carbocycles. The smallest absolute Gasteiger partial charge is 0.231 e. The normalized spacial score (nSPS) is 25.0. The van der Waals surface area contributed by atoms with Gasteiger partial charge in [0.15, 0.2) is 0 Å². The first-order valence-electron chi connectivity index (χ1n) is 6.90. The second kappa shape index (κ2) is 6.15. The van der Waals surface area contributed by atoms with E-state index in [1.165, 1.54) is 6.20 Å². The topological polar surface area (TPSA) is 33.2 Å². The minimum atomic E-state index is -1.23. The minimum absolute atomic E-state index is 0.00218. The predicted molar refractivity (Wildman–Crippen MR) is 84.9 cm³/mol. The fourth-order valence-electron chi connectivity index (χ4n) is 2.57. The molecule has 3 nitrogen and oxygen atoms in total. The van der Waals surface area contributed by atoms with Crippen molar-refractivity contribution in [3.8, 4) is 0 Å². The van der Waals surface area contributed by atoms with Gasteiger partial charge in [-0.3, -0.25) is 0 Å². The number of hydrogen-bond donors (Lipinski definition) is 0. The van der Waals surface area contributed by atoms with E-state index in [1.807, 2.05) is 25.1 Å². The fourth-order valence-corrected chi connectivity index (χ4v) is 4.33. The maximum absolute atomic E-state index is 13.6. The highest BCUT2D eigenvalue weighted by Gasteiger charge is 2.41. The van der Waals surface area contributed by atoms with E-state index in [-0.39, 0.29) is 17.1 Å². The monoisotopic (exact) mass is 330 g/mol. The molecule has 2 rings (SSSR count). The molecule has 1 saturated heterocycles. The summed E-state index contributed by atoms with van der Waals surface area (Å²) in [6.07, 6.45) is 4.79. The van der Waals surface area contributed by atoms with Gasteiger partial charge in [-0.2, -0.15) is 4.39 Å². The summed E-state index contributed by atoms with van der Waals surface area (Å²) in [5.41, 5.74) is 0.645. The third kappa shape index (κ3) is 3.20. The van der Waals surface area contributed by atoms with Crippen LogP contribution < -0.4 is 0 Å². The minimum Gasteiger partial charge on any atom is -0.242 e. The quantitative estimate of drug-likeness (QED) is 0.619. The van der Waals surface area contributed by atoms with Crippen LogP contribution in [-0.2, 0) is 11.0 Å². The molecule has 0 bridgehead atoms. The van der Waals surface area contributed by atoms with E-state index in [9.17, 15) is 8.60 Å². The summed E-state index contributed by atoms with van der Waals surface area (Å²) in [5.74, 6) is -0.683. The molecule has 0 radical (unpaired) electrons. The van der Waals surface area contributed by atoms with Gasteiger partial charge in [-0.25, -0.2) is 13.5 Å². The zero-order chi connectivity index (χ0) is 15.8. The van der Waals surface area contributed by atoms with Gasteiger partial charge >= 0.3 is 0 Å². The predicted octanol–water partition coefficient (Wildman–Crippen LogP) is 4.03. The van der Waals surface area contributed by atoms with Gasteiger partial charge in [0.1, 0.15) is 16.0 Å². The van der Waals surface area contributed by atoms with Crippen molar-refractivity contribution in [3.05, 3.63) is 41.5 Å². The SMILES string of the molecule is C=C[C@@H]1CC[C@H](c2ccnc(F)c2Cl)N1S(=O)C(C)(C)C. The first kappa shape index (κ1) is 16.6. The average Bonchev–Trinajstić information content (AvgIpc) is 2.83. The highest BCUT2D eigenvalue weighted by molar-refractivity contribution is 7.84. The van der Waals surface area contributed by atoms with Crippen LogP contribution in [0.2, 0.25) is 5.02 Å². The van der Waals surface area contributed by atoms with Crippen LogP contribution in [-0.4, -0.2) is 24.3 Å². The van der Waals surface area contributed by atoms with E-state index in [0.717, 1.165) is 12.8 Å². The molecule has 1 aromatic heterocycles. The molecule has 2 heterocycles. The molecule has 0 saturated carbocycles. The zero-order valence-electron chi connectivity index (χ0n) is 12.5. The first-order chi connectivity index (χ1) is 9.77. The van der Waals surface area contributed by atoms with Crippen LogP contribution >= 0.6 is 11.6 Å². The summed E-state index contributed by atoms with van der Waals surface area (Å²) in [6.45, 7) is 9.60. The van der Waals surface area contributed by atoms with Crippen molar-refractivity contribution in [3.63, 3.8) is 0 Å². The number of aromatic nitrogens is 1. The maximum atomic E-state index is 13.6. The second-order valence-electron chi connectivity index (χ2n) is 6.12. The highest BCUT2D eigenvalue weighted by Crippen LogP contribution is 2.42. The highest BCUT2D eigenvalue weighted by atomic mass is 35.5. The molecule has 1 unspecified atom stereocenters. The summed E-state index contributed by atoms with van der Waals surface area (Å²) in [5, 5.41) is 0.0168. The molecular weight excluding hydrogens is 311 g/mol. The van der Waals surface area contributed by atoms with Crippen LogP contribution in [0.1, 0.15) is 45.2 Å². The lowest BCUT2D eigenvalue weighted by atomic mass is 10.1. The van der Waals surface area contributed by atoms with Gasteiger partial charge in [-0.1, -0.05) is 17.7 Å². The third-order valence-electron chi connectivity index (χ3n) is 3.59. The Morgan fingerprint density at radius 3 is 2.76 bits per heavy atom. The number of pyridine rings is 1. The van der Waals surface area contributed by atoms with Gasteiger partial charge in [-0.05, 0) is 45.2 Å². The summed E-state index contributed by atoms with van der Waals surface area (Å²) in [4.78, 5) is 3.56. The van der Waals surface area contributed by atoms with Crippen LogP contribution in [0.25, 0.3) is 0 Å². The van der Waals surface area contributed by atoms with Gasteiger partial charge < -0.3 is 0 Å². The Labute approximate surface area is 132 Å². The van der Waals surface area contributed by atoms with Gasteiger partial charge in [0.2, 0.25) is 5.95 Å². The number of nitrogens with zero attached hydrogens (tertiary/aromatic N) is 2. The molecule has 1 fully saturated rings. The van der Waals surface area contributed by atoms with Gasteiger partial charge in [0.25, 0.3) is 0 Å². The largest absolute Gasteiger partial charge is 0.242 e. The van der Waals surface area contributed by atoms with Crippen molar-refractivity contribution < 1.29 is 8.60 Å². The Balaban J connectivity index is 2.45. The summed E-state index contributed by atoms with van der Waals surface area (Å²) in [7, 11) is -1.23. The van der Waals surface area contributed by atoms with Gasteiger partial charge in [0.05, 0.1) is 4.75 Å². The van der Waals surface area contributed by atoms with Crippen molar-refractivity contribution in [2.24, 2.45) is 0 Å². The van der Waals surface area contributed by atoms with Crippen molar-refractivity contribution in [1.29, 1.82) is 0 Å². The molecule has 3 atom stereocenters. The standard InChI is InChI=1S/C15H20ClFN2OS/c1-5-10-6-7-12(19(10)21(20)15(2,3)4)11-8-9-18-14(17)13(11)16/h5,8-10,12H,1,6-7H2,2-4H3/t10-,12-,21?/m1/s1. The molecule has 0 amide bonds. The average molecular weight is 331 g/mol. The Bertz CT molecular complexity index is 573. The summed E-state index contributed by atoms with van der Waals surface area (Å²) in [6, 6.07) is 1.52. The van der Waals surface area contributed by atoms with Crippen LogP contribution in [0.15, 0.2) is 24.9 Å². The van der Waals surface area contributed by atoms with Crippen molar-refractivity contribution in [1.82, 2.24) is 9.29 Å². The van der Waals surface area contributed by atoms with Gasteiger partial charge in [0, 0.05) is 18.3 Å². The molecule has 0 aliphatic carbocycles. The lowest BCUT2D eigenvalue weighted by molar-refractivity contribution is 0.373. The Kier molecular flexibility index (Phi) is 4.85. The molecule has 6 heteroatoms. The first-order valence-corrected chi connectivity index (χ1v) is 8.38. The lowest BCUT2D eigenvalue weighted by Crippen LogP contribution is -2.41. The number of hydrogen-bond acceptors (Lipinski definition) is 2. The van der Waals surface area contributed by atoms with Crippen LogP contribution in [0.5, 0.6) is 0 Å². The maximum Gasteiger partial charge on any atom is 0.231 e. The summed E-state index contributed by atoms with van der Waals surface area (Å²) >= 11 is 6.06. The third-order valence-corrected chi connectivity index (χ3v) is 5.92. The van der Waals surface area contributed by atoms with E-state index in [1.54, 1.807) is 12.1 Å². The Hall–Kier alpha value is -0.780.